The average Bonchev–Trinajstić information content (AvgIpc) is 2.71. The lowest BCUT2D eigenvalue weighted by Gasteiger charge is -2.06. The summed E-state index contributed by atoms with van der Waals surface area (Å²) in [6.45, 7) is 3.79. The summed E-state index contributed by atoms with van der Waals surface area (Å²) >= 11 is 0. The highest BCUT2D eigenvalue weighted by atomic mass is 16.3. The molecule has 1 heterocycles. The lowest BCUT2D eigenvalue weighted by atomic mass is 10.2. The van der Waals surface area contributed by atoms with Gasteiger partial charge in [-0.15, -0.1) is 0 Å². The summed E-state index contributed by atoms with van der Waals surface area (Å²) < 4.78 is 5.24. The molecule has 16 heavy (non-hydrogen) atoms. The fourth-order valence-corrected chi connectivity index (χ4v) is 1.57. The molecule has 3 N–H and O–H groups in total. The summed E-state index contributed by atoms with van der Waals surface area (Å²) in [5, 5.41) is 3.35. The first kappa shape index (κ1) is 11.1. The van der Waals surface area contributed by atoms with E-state index in [1.54, 1.807) is 0 Å². The molecule has 86 valence electrons. The topological polar surface area (TPSA) is 64.1 Å². The third-order valence-corrected chi connectivity index (χ3v) is 2.50. The van der Waals surface area contributed by atoms with Crippen LogP contribution in [0.15, 0.2) is 29.0 Å². The Morgan fingerprint density at radius 2 is 2.38 bits per heavy atom. The highest BCUT2D eigenvalue weighted by Gasteiger charge is 2.00. The summed E-state index contributed by atoms with van der Waals surface area (Å²) in [4.78, 5) is 4.08. The van der Waals surface area contributed by atoms with Crippen LogP contribution in [0.25, 0.3) is 11.1 Å². The number of hydrogen-bond donors (Lipinski definition) is 2. The van der Waals surface area contributed by atoms with Gasteiger partial charge in [0.05, 0.1) is 0 Å². The number of rotatable bonds is 5. The molecule has 0 spiro atoms. The van der Waals surface area contributed by atoms with E-state index in [9.17, 15) is 0 Å². The van der Waals surface area contributed by atoms with Crippen molar-refractivity contribution in [2.45, 2.75) is 25.9 Å². The van der Waals surface area contributed by atoms with Crippen LogP contribution < -0.4 is 11.1 Å². The van der Waals surface area contributed by atoms with Gasteiger partial charge in [-0.2, -0.15) is 0 Å². The number of fused-ring (bicyclic) bond motifs is 1. The Labute approximate surface area is 94.8 Å². The molecule has 1 unspecified atom stereocenters. The summed E-state index contributed by atoms with van der Waals surface area (Å²) in [5.74, 6) is 0. The smallest absolute Gasteiger partial charge is 0.181 e. The highest BCUT2D eigenvalue weighted by molar-refractivity contribution is 5.72. The molecule has 2 aromatic rings. The summed E-state index contributed by atoms with van der Waals surface area (Å²) in [5.41, 5.74) is 8.61. The van der Waals surface area contributed by atoms with Gasteiger partial charge < -0.3 is 15.5 Å². The fourth-order valence-electron chi connectivity index (χ4n) is 1.57. The summed E-state index contributed by atoms with van der Waals surface area (Å²) in [6, 6.07) is 6.30. The molecule has 1 atom stereocenters. The van der Waals surface area contributed by atoms with Crippen LogP contribution in [0.1, 0.15) is 18.9 Å². The molecule has 1 aromatic carbocycles. The van der Waals surface area contributed by atoms with E-state index in [1.165, 1.54) is 12.0 Å². The van der Waals surface area contributed by atoms with Crippen molar-refractivity contribution in [2.24, 2.45) is 5.73 Å². The summed E-state index contributed by atoms with van der Waals surface area (Å²) in [7, 11) is 0. The second-order valence-electron chi connectivity index (χ2n) is 4.10. The van der Waals surface area contributed by atoms with Gasteiger partial charge in [-0.1, -0.05) is 6.07 Å². The standard InChI is InChI=1S/C12H17N3O/c1-9(13)4-5-14-7-10-2-3-11-12(6-10)16-8-15-11/h2-3,6,8-9,14H,4-5,7,13H2,1H3. The number of aromatic nitrogens is 1. The third kappa shape index (κ3) is 2.81. The number of nitrogens with zero attached hydrogens (tertiary/aromatic N) is 1. The van der Waals surface area contributed by atoms with E-state index in [0.717, 1.165) is 30.6 Å². The van der Waals surface area contributed by atoms with Crippen molar-refractivity contribution >= 4 is 11.1 Å². The van der Waals surface area contributed by atoms with Crippen LogP contribution in [0.3, 0.4) is 0 Å². The van der Waals surface area contributed by atoms with Crippen LogP contribution >= 0.6 is 0 Å². The highest BCUT2D eigenvalue weighted by Crippen LogP contribution is 2.13. The van der Waals surface area contributed by atoms with Crippen LogP contribution in [-0.4, -0.2) is 17.6 Å². The Kier molecular flexibility index (Phi) is 3.54. The normalized spacial score (nSPS) is 13.1. The minimum absolute atomic E-state index is 0.254. The SMILES string of the molecule is CC(N)CCNCc1ccc2ncoc2c1. The zero-order valence-electron chi connectivity index (χ0n) is 9.44. The van der Waals surface area contributed by atoms with E-state index in [0.29, 0.717) is 0 Å². The van der Waals surface area contributed by atoms with Crippen molar-refractivity contribution in [3.8, 4) is 0 Å². The van der Waals surface area contributed by atoms with Crippen LogP contribution in [0.5, 0.6) is 0 Å². The lowest BCUT2D eigenvalue weighted by molar-refractivity contribution is 0.586. The first-order valence-corrected chi connectivity index (χ1v) is 5.54. The largest absolute Gasteiger partial charge is 0.443 e. The van der Waals surface area contributed by atoms with Gasteiger partial charge in [-0.05, 0) is 37.6 Å². The molecule has 0 bridgehead atoms. The number of nitrogens with one attached hydrogen (secondary N) is 1. The van der Waals surface area contributed by atoms with E-state index in [4.69, 9.17) is 10.2 Å². The predicted octanol–water partition coefficient (Wildman–Crippen LogP) is 1.65. The maximum atomic E-state index is 5.67. The Hall–Kier alpha value is -1.39. The fraction of sp³-hybridized carbons (Fsp3) is 0.417. The number of nitrogens with two attached hydrogens (primary N) is 1. The molecular weight excluding hydrogens is 202 g/mol. The van der Waals surface area contributed by atoms with Gasteiger partial charge in [0, 0.05) is 12.6 Å². The zero-order chi connectivity index (χ0) is 11.4. The minimum Gasteiger partial charge on any atom is -0.443 e. The van der Waals surface area contributed by atoms with Gasteiger partial charge in [-0.25, -0.2) is 4.98 Å². The van der Waals surface area contributed by atoms with E-state index >= 15 is 0 Å². The number of hydrogen-bond acceptors (Lipinski definition) is 4. The van der Waals surface area contributed by atoms with Gasteiger partial charge in [0.2, 0.25) is 0 Å². The molecule has 0 fully saturated rings. The monoisotopic (exact) mass is 219 g/mol. The molecule has 0 aliphatic rings. The third-order valence-electron chi connectivity index (χ3n) is 2.50. The van der Waals surface area contributed by atoms with Crippen molar-refractivity contribution in [3.63, 3.8) is 0 Å². The van der Waals surface area contributed by atoms with Crippen molar-refractivity contribution in [1.82, 2.24) is 10.3 Å². The summed E-state index contributed by atoms with van der Waals surface area (Å²) in [6.07, 6.45) is 2.46. The number of oxazole rings is 1. The Balaban J connectivity index is 1.89. The van der Waals surface area contributed by atoms with Gasteiger partial charge in [0.15, 0.2) is 12.0 Å². The Morgan fingerprint density at radius 3 is 3.19 bits per heavy atom. The van der Waals surface area contributed by atoms with Crippen LogP contribution in [-0.2, 0) is 6.54 Å². The molecule has 0 amide bonds. The maximum absolute atomic E-state index is 5.67. The van der Waals surface area contributed by atoms with Crippen LogP contribution in [0.2, 0.25) is 0 Å². The maximum Gasteiger partial charge on any atom is 0.181 e. The van der Waals surface area contributed by atoms with Crippen LogP contribution in [0, 0.1) is 0 Å². The Morgan fingerprint density at radius 1 is 1.50 bits per heavy atom. The van der Waals surface area contributed by atoms with Crippen molar-refractivity contribution in [1.29, 1.82) is 0 Å². The molecule has 0 saturated carbocycles. The van der Waals surface area contributed by atoms with E-state index in [-0.39, 0.29) is 6.04 Å². The molecule has 4 nitrogen and oxygen atoms in total. The molecule has 0 aliphatic heterocycles. The molecular formula is C12H17N3O. The number of benzene rings is 1. The predicted molar refractivity (Wildman–Crippen MR) is 64.0 cm³/mol. The quantitative estimate of drug-likeness (QED) is 0.751. The van der Waals surface area contributed by atoms with Crippen molar-refractivity contribution in [2.75, 3.05) is 6.54 Å². The van der Waals surface area contributed by atoms with Gasteiger partial charge in [0.25, 0.3) is 0 Å². The molecule has 0 saturated heterocycles. The minimum atomic E-state index is 0.254. The van der Waals surface area contributed by atoms with E-state index in [1.807, 2.05) is 19.1 Å². The zero-order valence-corrected chi connectivity index (χ0v) is 9.44. The first-order valence-electron chi connectivity index (χ1n) is 5.54. The van der Waals surface area contributed by atoms with E-state index < -0.39 is 0 Å². The lowest BCUT2D eigenvalue weighted by Crippen LogP contribution is -2.23. The van der Waals surface area contributed by atoms with E-state index in [2.05, 4.69) is 16.4 Å². The van der Waals surface area contributed by atoms with Crippen molar-refractivity contribution < 1.29 is 4.42 Å². The average molecular weight is 219 g/mol. The van der Waals surface area contributed by atoms with Gasteiger partial charge in [-0.3, -0.25) is 0 Å². The second kappa shape index (κ2) is 5.09. The first-order chi connectivity index (χ1) is 7.75. The molecule has 4 heteroatoms. The molecule has 0 radical (unpaired) electrons. The second-order valence-corrected chi connectivity index (χ2v) is 4.10. The Bertz CT molecular complexity index is 450. The molecule has 0 aliphatic carbocycles. The van der Waals surface area contributed by atoms with Crippen molar-refractivity contribution in [3.05, 3.63) is 30.2 Å². The van der Waals surface area contributed by atoms with Gasteiger partial charge >= 0.3 is 0 Å². The molecule has 1 aromatic heterocycles. The molecule has 2 rings (SSSR count). The van der Waals surface area contributed by atoms with Gasteiger partial charge in [0.1, 0.15) is 5.52 Å². The van der Waals surface area contributed by atoms with Crippen LogP contribution in [0.4, 0.5) is 0 Å².